The van der Waals surface area contributed by atoms with Crippen LogP contribution in [0.25, 0.3) is 0 Å². The molecular formula is C25H22Cl2N2O2S. The summed E-state index contributed by atoms with van der Waals surface area (Å²) in [6, 6.07) is 22.8. The number of halogens is 2. The van der Waals surface area contributed by atoms with Crippen LogP contribution in [0.15, 0.2) is 72.8 Å². The molecule has 0 radical (unpaired) electrons. The van der Waals surface area contributed by atoms with Gasteiger partial charge in [-0.15, -0.1) is 11.8 Å². The molecule has 3 aromatic carbocycles. The molecule has 32 heavy (non-hydrogen) atoms. The second-order valence-electron chi connectivity index (χ2n) is 7.53. The highest BCUT2D eigenvalue weighted by Gasteiger charge is 2.32. The van der Waals surface area contributed by atoms with Crippen LogP contribution in [0.1, 0.15) is 32.4 Å². The fourth-order valence-electron chi connectivity index (χ4n) is 3.61. The van der Waals surface area contributed by atoms with Crippen LogP contribution < -0.4 is 5.32 Å². The third-order valence-electron chi connectivity index (χ3n) is 5.36. The number of carbonyl (C=O) groups excluding carboxylic acids is 2. The molecule has 7 heteroatoms. The van der Waals surface area contributed by atoms with E-state index in [9.17, 15) is 9.59 Å². The van der Waals surface area contributed by atoms with Gasteiger partial charge in [-0.05, 0) is 47.4 Å². The molecule has 4 nitrogen and oxygen atoms in total. The van der Waals surface area contributed by atoms with Gasteiger partial charge < -0.3 is 10.2 Å². The predicted octanol–water partition coefficient (Wildman–Crippen LogP) is 5.74. The third-order valence-corrected chi connectivity index (χ3v) is 7.21. The summed E-state index contributed by atoms with van der Waals surface area (Å²) in [6.45, 7) is 0.988. The van der Waals surface area contributed by atoms with Crippen molar-refractivity contribution in [2.75, 3.05) is 12.3 Å². The van der Waals surface area contributed by atoms with E-state index in [1.807, 2.05) is 35.2 Å². The van der Waals surface area contributed by atoms with Crippen molar-refractivity contribution in [3.63, 3.8) is 0 Å². The van der Waals surface area contributed by atoms with Gasteiger partial charge in [-0.2, -0.15) is 0 Å². The molecule has 0 unspecified atom stereocenters. The Hall–Kier alpha value is -2.47. The molecule has 1 saturated heterocycles. The molecule has 164 valence electrons. The zero-order valence-corrected chi connectivity index (χ0v) is 19.6. The normalized spacial score (nSPS) is 15.8. The standard InChI is InChI=1S/C25H22Cl2N2O2S/c26-21-11-10-20(22(27)14-21)15-28-24(31)18-6-8-19(9-7-18)25-29(23(30)16-32-25)13-12-17-4-2-1-3-5-17/h1-11,14,25H,12-13,15-16H2,(H,28,31)/t25-/m0/s1. The van der Waals surface area contributed by atoms with Crippen molar-refractivity contribution in [2.45, 2.75) is 18.3 Å². The fourth-order valence-corrected chi connectivity index (χ4v) is 5.30. The van der Waals surface area contributed by atoms with Gasteiger partial charge in [0.1, 0.15) is 5.37 Å². The van der Waals surface area contributed by atoms with E-state index in [2.05, 4.69) is 17.4 Å². The number of hydrogen-bond acceptors (Lipinski definition) is 3. The van der Waals surface area contributed by atoms with Crippen molar-refractivity contribution in [2.24, 2.45) is 0 Å². The van der Waals surface area contributed by atoms with Crippen molar-refractivity contribution in [3.8, 4) is 0 Å². The predicted molar refractivity (Wildman–Crippen MR) is 131 cm³/mol. The summed E-state index contributed by atoms with van der Waals surface area (Å²) in [5.41, 5.74) is 3.59. The van der Waals surface area contributed by atoms with Crippen LogP contribution in [0.4, 0.5) is 0 Å². The van der Waals surface area contributed by atoms with Gasteiger partial charge in [0, 0.05) is 28.7 Å². The van der Waals surface area contributed by atoms with E-state index in [0.717, 1.165) is 17.5 Å². The zero-order chi connectivity index (χ0) is 22.5. The topological polar surface area (TPSA) is 49.4 Å². The Morgan fingerprint density at radius 2 is 1.78 bits per heavy atom. The van der Waals surface area contributed by atoms with Gasteiger partial charge in [0.25, 0.3) is 5.91 Å². The van der Waals surface area contributed by atoms with E-state index in [4.69, 9.17) is 23.2 Å². The molecule has 2 amide bonds. The number of hydrogen-bond donors (Lipinski definition) is 1. The smallest absolute Gasteiger partial charge is 0.251 e. The molecule has 1 N–H and O–H groups in total. The average Bonchev–Trinajstić information content (AvgIpc) is 3.18. The summed E-state index contributed by atoms with van der Waals surface area (Å²) in [6.07, 6.45) is 0.817. The first-order chi connectivity index (χ1) is 15.5. The van der Waals surface area contributed by atoms with E-state index in [1.54, 1.807) is 42.1 Å². The average molecular weight is 485 g/mol. The third kappa shape index (κ3) is 5.47. The van der Waals surface area contributed by atoms with Gasteiger partial charge in [-0.3, -0.25) is 9.59 Å². The lowest BCUT2D eigenvalue weighted by Crippen LogP contribution is -2.30. The first-order valence-corrected chi connectivity index (χ1v) is 12.1. The van der Waals surface area contributed by atoms with Crippen molar-refractivity contribution in [1.82, 2.24) is 10.2 Å². The van der Waals surface area contributed by atoms with Gasteiger partial charge in [-0.1, -0.05) is 71.7 Å². The lowest BCUT2D eigenvalue weighted by atomic mass is 10.1. The maximum Gasteiger partial charge on any atom is 0.251 e. The number of rotatable bonds is 7. The van der Waals surface area contributed by atoms with Crippen LogP contribution in [0, 0.1) is 0 Å². The van der Waals surface area contributed by atoms with Crippen molar-refractivity contribution < 1.29 is 9.59 Å². The molecule has 1 aliphatic rings. The number of nitrogens with zero attached hydrogens (tertiary/aromatic N) is 1. The Bertz CT molecular complexity index is 1110. The molecule has 0 aromatic heterocycles. The summed E-state index contributed by atoms with van der Waals surface area (Å²) < 4.78 is 0. The number of carbonyl (C=O) groups is 2. The van der Waals surface area contributed by atoms with Gasteiger partial charge in [0.15, 0.2) is 0 Å². The van der Waals surface area contributed by atoms with Crippen LogP contribution in [-0.4, -0.2) is 29.0 Å². The Labute approximate surface area is 201 Å². The Morgan fingerprint density at radius 3 is 2.50 bits per heavy atom. The summed E-state index contributed by atoms with van der Waals surface area (Å²) in [7, 11) is 0. The first-order valence-electron chi connectivity index (χ1n) is 10.3. The van der Waals surface area contributed by atoms with Gasteiger partial charge in [0.05, 0.1) is 5.75 Å². The maximum absolute atomic E-state index is 12.6. The van der Waals surface area contributed by atoms with Crippen LogP contribution >= 0.6 is 35.0 Å². The van der Waals surface area contributed by atoms with Crippen LogP contribution in [-0.2, 0) is 17.8 Å². The van der Waals surface area contributed by atoms with Crippen LogP contribution in [0.2, 0.25) is 10.0 Å². The van der Waals surface area contributed by atoms with Crippen molar-refractivity contribution in [1.29, 1.82) is 0 Å². The number of nitrogens with one attached hydrogen (secondary N) is 1. The highest BCUT2D eigenvalue weighted by atomic mass is 35.5. The molecule has 1 fully saturated rings. The highest BCUT2D eigenvalue weighted by Crippen LogP contribution is 2.38. The van der Waals surface area contributed by atoms with Gasteiger partial charge in [-0.25, -0.2) is 0 Å². The second-order valence-corrected chi connectivity index (χ2v) is 9.44. The van der Waals surface area contributed by atoms with Crippen LogP contribution in [0.5, 0.6) is 0 Å². The summed E-state index contributed by atoms with van der Waals surface area (Å²) >= 11 is 13.7. The van der Waals surface area contributed by atoms with E-state index in [0.29, 0.717) is 34.5 Å². The molecule has 1 heterocycles. The minimum absolute atomic E-state index is 0.0313. The number of thioether (sulfide) groups is 1. The SMILES string of the molecule is O=C(NCc1ccc(Cl)cc1Cl)c1ccc([C@@H]2SCC(=O)N2CCc2ccccc2)cc1. The summed E-state index contributed by atoms with van der Waals surface area (Å²) in [4.78, 5) is 26.9. The zero-order valence-electron chi connectivity index (χ0n) is 17.3. The van der Waals surface area contributed by atoms with Crippen LogP contribution in [0.3, 0.4) is 0 Å². The molecule has 0 spiro atoms. The number of amides is 2. The largest absolute Gasteiger partial charge is 0.348 e. The fraction of sp³-hybridized carbons (Fsp3) is 0.200. The monoisotopic (exact) mass is 484 g/mol. The Balaban J connectivity index is 1.38. The van der Waals surface area contributed by atoms with E-state index in [-0.39, 0.29) is 17.2 Å². The highest BCUT2D eigenvalue weighted by molar-refractivity contribution is 8.00. The van der Waals surface area contributed by atoms with Gasteiger partial charge >= 0.3 is 0 Å². The Kier molecular flexibility index (Phi) is 7.40. The first kappa shape index (κ1) is 22.7. The maximum atomic E-state index is 12.6. The molecule has 1 aliphatic heterocycles. The minimum Gasteiger partial charge on any atom is -0.348 e. The van der Waals surface area contributed by atoms with Crippen molar-refractivity contribution >= 4 is 46.8 Å². The van der Waals surface area contributed by atoms with Crippen molar-refractivity contribution in [3.05, 3.63) is 105 Å². The summed E-state index contributed by atoms with van der Waals surface area (Å²) in [5, 5.41) is 3.93. The molecule has 0 bridgehead atoms. The van der Waals surface area contributed by atoms with E-state index >= 15 is 0 Å². The Morgan fingerprint density at radius 1 is 1.03 bits per heavy atom. The van der Waals surface area contributed by atoms with E-state index in [1.165, 1.54) is 5.56 Å². The van der Waals surface area contributed by atoms with E-state index < -0.39 is 0 Å². The second kappa shape index (κ2) is 10.4. The lowest BCUT2D eigenvalue weighted by molar-refractivity contribution is -0.128. The summed E-state index contributed by atoms with van der Waals surface area (Å²) in [5.74, 6) is 0.444. The molecule has 0 aliphatic carbocycles. The molecular weight excluding hydrogens is 463 g/mol. The quantitative estimate of drug-likeness (QED) is 0.464. The molecule has 0 saturated carbocycles. The molecule has 4 rings (SSSR count). The van der Waals surface area contributed by atoms with Gasteiger partial charge in [0.2, 0.25) is 5.91 Å². The lowest BCUT2D eigenvalue weighted by Gasteiger charge is -2.24. The molecule has 3 aromatic rings. The molecule has 1 atom stereocenters. The number of benzene rings is 3. The minimum atomic E-state index is -0.182.